The van der Waals surface area contributed by atoms with Crippen molar-refractivity contribution < 1.29 is 9.22 Å². The van der Waals surface area contributed by atoms with Gasteiger partial charge in [-0.1, -0.05) is 54.6 Å². The fourth-order valence-corrected chi connectivity index (χ4v) is 2.97. The van der Waals surface area contributed by atoms with Gasteiger partial charge in [-0.25, -0.2) is 0 Å². The normalized spacial score (nSPS) is 21.7. The molecule has 21 heavy (non-hydrogen) atoms. The molecule has 1 aliphatic rings. The third kappa shape index (κ3) is 2.78. The van der Waals surface area contributed by atoms with Gasteiger partial charge in [-0.05, 0) is 47.8 Å². The van der Waals surface area contributed by atoms with Gasteiger partial charge in [0.25, 0.3) is 0 Å². The van der Waals surface area contributed by atoms with Crippen LogP contribution in [0.25, 0.3) is 5.57 Å². The van der Waals surface area contributed by atoms with Crippen molar-refractivity contribution in [3.8, 4) is 0 Å². The zero-order valence-electron chi connectivity index (χ0n) is 14.8. The van der Waals surface area contributed by atoms with E-state index < -0.39 is 13.1 Å². The summed E-state index contributed by atoms with van der Waals surface area (Å²) in [7, 11) is 0. The highest BCUT2D eigenvalue weighted by molar-refractivity contribution is 5.84. The summed E-state index contributed by atoms with van der Waals surface area (Å²) in [4.78, 5) is 0. The Kier molecular flexibility index (Phi) is 3.21. The van der Waals surface area contributed by atoms with Crippen LogP contribution in [0.4, 0.5) is 0 Å². The van der Waals surface area contributed by atoms with Crippen molar-refractivity contribution in [2.75, 3.05) is 13.5 Å². The molecular formula is C19H21NO. The SMILES string of the molecule is [2H]C([2H])([2H])NCC/C=C1\c2ccccc2CC(O)c2ccccc21. The van der Waals surface area contributed by atoms with Gasteiger partial charge in [-0.15, -0.1) is 0 Å². The largest absolute Gasteiger partial charge is 0.388 e. The molecule has 2 N–H and O–H groups in total. The minimum Gasteiger partial charge on any atom is -0.388 e. The van der Waals surface area contributed by atoms with E-state index in [4.69, 9.17) is 4.11 Å². The van der Waals surface area contributed by atoms with Crippen molar-refractivity contribution in [2.45, 2.75) is 18.9 Å². The number of aliphatic hydroxyl groups excluding tert-OH is 1. The lowest BCUT2D eigenvalue weighted by Gasteiger charge is -2.13. The minimum absolute atomic E-state index is 0.382. The fourth-order valence-electron chi connectivity index (χ4n) is 2.97. The maximum absolute atomic E-state index is 10.6. The van der Waals surface area contributed by atoms with E-state index in [0.29, 0.717) is 19.4 Å². The Morgan fingerprint density at radius 3 is 2.81 bits per heavy atom. The van der Waals surface area contributed by atoms with E-state index in [1.165, 1.54) is 0 Å². The van der Waals surface area contributed by atoms with Gasteiger partial charge in [0.05, 0.1) is 6.10 Å². The quantitative estimate of drug-likeness (QED) is 0.847. The van der Waals surface area contributed by atoms with Crippen LogP contribution >= 0.6 is 0 Å². The average Bonchev–Trinajstić information content (AvgIpc) is 2.66. The second-order valence-corrected chi connectivity index (χ2v) is 5.30. The summed E-state index contributed by atoms with van der Waals surface area (Å²) in [5.74, 6) is 0. The van der Waals surface area contributed by atoms with Gasteiger partial charge in [0, 0.05) is 10.5 Å². The van der Waals surface area contributed by atoms with Crippen molar-refractivity contribution >= 4 is 5.57 Å². The van der Waals surface area contributed by atoms with Crippen molar-refractivity contribution in [1.82, 2.24) is 5.32 Å². The van der Waals surface area contributed by atoms with Crippen LogP contribution in [-0.2, 0) is 6.42 Å². The molecule has 0 saturated carbocycles. The van der Waals surface area contributed by atoms with Gasteiger partial charge in [-0.2, -0.15) is 0 Å². The third-order valence-electron chi connectivity index (χ3n) is 3.95. The van der Waals surface area contributed by atoms with Crippen LogP contribution in [0.3, 0.4) is 0 Å². The summed E-state index contributed by atoms with van der Waals surface area (Å²) >= 11 is 0. The molecule has 0 radical (unpaired) electrons. The van der Waals surface area contributed by atoms with Gasteiger partial charge in [0.1, 0.15) is 0 Å². The molecule has 108 valence electrons. The van der Waals surface area contributed by atoms with E-state index >= 15 is 0 Å². The predicted molar refractivity (Wildman–Crippen MR) is 87.2 cm³/mol. The molecule has 2 aromatic rings. The summed E-state index contributed by atoms with van der Waals surface area (Å²) in [5, 5.41) is 13.1. The molecule has 0 bridgehead atoms. The van der Waals surface area contributed by atoms with Crippen molar-refractivity contribution in [1.29, 1.82) is 0 Å². The van der Waals surface area contributed by atoms with Crippen LogP contribution in [0.15, 0.2) is 54.6 Å². The van der Waals surface area contributed by atoms with Crippen molar-refractivity contribution in [2.24, 2.45) is 0 Å². The van der Waals surface area contributed by atoms with Crippen LogP contribution in [-0.4, -0.2) is 18.6 Å². The Morgan fingerprint density at radius 1 is 1.19 bits per heavy atom. The van der Waals surface area contributed by atoms with E-state index in [1.807, 2.05) is 42.5 Å². The summed E-state index contributed by atoms with van der Waals surface area (Å²) in [5.41, 5.74) is 5.21. The lowest BCUT2D eigenvalue weighted by Crippen LogP contribution is -2.06. The molecule has 0 aliphatic heterocycles. The van der Waals surface area contributed by atoms with Crippen LogP contribution < -0.4 is 5.32 Å². The first-order valence-corrected chi connectivity index (χ1v) is 7.26. The summed E-state index contributed by atoms with van der Waals surface area (Å²) in [6, 6.07) is 16.0. The average molecular weight is 282 g/mol. The Balaban J connectivity index is 1.99. The molecule has 0 saturated heterocycles. The second-order valence-electron chi connectivity index (χ2n) is 5.30. The summed E-state index contributed by atoms with van der Waals surface area (Å²) in [6.45, 7) is -1.74. The standard InChI is InChI=1S/C19H21NO/c1-20-12-6-11-16-15-8-3-2-7-14(15)13-19(21)18-10-5-4-9-17(16)18/h2-5,7-11,19-21H,6,12-13H2,1H3/b16-11+/i1D3. The molecule has 0 aromatic heterocycles. The molecule has 2 heteroatoms. The monoisotopic (exact) mass is 282 g/mol. The Labute approximate surface area is 130 Å². The number of aliphatic hydroxyl groups is 1. The molecule has 3 rings (SSSR count). The molecule has 0 amide bonds. The second kappa shape index (κ2) is 6.25. The number of rotatable bonds is 3. The van der Waals surface area contributed by atoms with E-state index in [9.17, 15) is 5.11 Å². The van der Waals surface area contributed by atoms with E-state index in [0.717, 1.165) is 27.8 Å². The van der Waals surface area contributed by atoms with E-state index in [-0.39, 0.29) is 0 Å². The van der Waals surface area contributed by atoms with Gasteiger partial charge in [0.2, 0.25) is 0 Å². The summed E-state index contributed by atoms with van der Waals surface area (Å²) in [6.07, 6.45) is 2.72. The highest BCUT2D eigenvalue weighted by Gasteiger charge is 2.22. The lowest BCUT2D eigenvalue weighted by molar-refractivity contribution is 0.179. The molecule has 0 spiro atoms. The van der Waals surface area contributed by atoms with Crippen LogP contribution in [0.1, 0.15) is 38.9 Å². The number of hydrogen-bond donors (Lipinski definition) is 2. The number of nitrogens with one attached hydrogen (secondary N) is 1. The molecule has 1 atom stereocenters. The van der Waals surface area contributed by atoms with E-state index in [2.05, 4.69) is 17.5 Å². The first kappa shape index (κ1) is 10.8. The van der Waals surface area contributed by atoms with Gasteiger partial charge >= 0.3 is 0 Å². The molecular weight excluding hydrogens is 258 g/mol. The number of fused-ring (bicyclic) bond motifs is 2. The van der Waals surface area contributed by atoms with Gasteiger partial charge in [-0.3, -0.25) is 0 Å². The Morgan fingerprint density at radius 2 is 1.95 bits per heavy atom. The highest BCUT2D eigenvalue weighted by atomic mass is 16.3. The molecule has 2 aromatic carbocycles. The van der Waals surface area contributed by atoms with Gasteiger partial charge in [0.15, 0.2) is 0 Å². The first-order chi connectivity index (χ1) is 11.5. The van der Waals surface area contributed by atoms with Crippen molar-refractivity contribution in [3.05, 3.63) is 76.9 Å². The van der Waals surface area contributed by atoms with E-state index in [1.54, 1.807) is 0 Å². The zero-order valence-corrected chi connectivity index (χ0v) is 11.8. The molecule has 1 unspecified atom stereocenters. The predicted octanol–water partition coefficient (Wildman–Crippen LogP) is 3.32. The first-order valence-electron chi connectivity index (χ1n) is 8.76. The zero-order chi connectivity index (χ0) is 17.2. The smallest absolute Gasteiger partial charge is 0.0836 e. The van der Waals surface area contributed by atoms with Crippen molar-refractivity contribution in [3.63, 3.8) is 0 Å². The number of benzene rings is 2. The fraction of sp³-hybridized carbons (Fsp3) is 0.263. The number of hydrogen-bond acceptors (Lipinski definition) is 2. The minimum atomic E-state index is -2.12. The van der Waals surface area contributed by atoms with Crippen LogP contribution in [0, 0.1) is 0 Å². The molecule has 1 aliphatic carbocycles. The lowest BCUT2D eigenvalue weighted by atomic mass is 9.93. The maximum Gasteiger partial charge on any atom is 0.0836 e. The van der Waals surface area contributed by atoms with Gasteiger partial charge < -0.3 is 10.4 Å². The highest BCUT2D eigenvalue weighted by Crippen LogP contribution is 2.37. The molecule has 0 fully saturated rings. The third-order valence-corrected chi connectivity index (χ3v) is 3.95. The van der Waals surface area contributed by atoms with Crippen LogP contribution in [0.2, 0.25) is 0 Å². The maximum atomic E-state index is 10.6. The Bertz CT molecular complexity index is 752. The summed E-state index contributed by atoms with van der Waals surface area (Å²) < 4.78 is 21.7. The Hall–Kier alpha value is -1.90. The van der Waals surface area contributed by atoms with Crippen LogP contribution in [0.5, 0.6) is 0 Å². The molecule has 2 nitrogen and oxygen atoms in total. The topological polar surface area (TPSA) is 32.3 Å². The molecule has 0 heterocycles.